The molecule has 3 heteroatoms. The first-order valence-electron chi connectivity index (χ1n) is 5.28. The minimum Gasteiger partial charge on any atom is -0.445 e. The van der Waals surface area contributed by atoms with Crippen molar-refractivity contribution in [2.24, 2.45) is 0 Å². The van der Waals surface area contributed by atoms with Crippen molar-refractivity contribution < 1.29 is 9.53 Å². The van der Waals surface area contributed by atoms with Gasteiger partial charge in [0.25, 0.3) is 0 Å². The van der Waals surface area contributed by atoms with E-state index in [1.54, 1.807) is 6.08 Å². The Morgan fingerprint density at radius 3 is 2.76 bits per heavy atom. The van der Waals surface area contributed by atoms with Crippen molar-refractivity contribution in [3.8, 4) is 12.3 Å². The van der Waals surface area contributed by atoms with Gasteiger partial charge < -0.3 is 4.74 Å². The van der Waals surface area contributed by atoms with Gasteiger partial charge in [-0.3, -0.25) is 4.90 Å². The third kappa shape index (κ3) is 4.43. The Kier molecular flexibility index (Phi) is 5.39. The summed E-state index contributed by atoms with van der Waals surface area (Å²) in [7, 11) is 0. The largest absolute Gasteiger partial charge is 0.445 e. The highest BCUT2D eigenvalue weighted by Gasteiger charge is 2.11. The molecular formula is C14H15NO2. The maximum Gasteiger partial charge on any atom is 0.411 e. The number of hydrogen-bond acceptors (Lipinski definition) is 2. The SMILES string of the molecule is C#CCN(CC=C)C(=O)OCc1ccccc1. The summed E-state index contributed by atoms with van der Waals surface area (Å²) in [6.07, 6.45) is 6.36. The average Bonchev–Trinajstić information content (AvgIpc) is 2.37. The van der Waals surface area contributed by atoms with E-state index in [0.29, 0.717) is 6.54 Å². The Hall–Kier alpha value is -2.21. The van der Waals surface area contributed by atoms with Crippen molar-refractivity contribution in [3.63, 3.8) is 0 Å². The van der Waals surface area contributed by atoms with E-state index < -0.39 is 6.09 Å². The van der Waals surface area contributed by atoms with Gasteiger partial charge in [-0.1, -0.05) is 42.3 Å². The number of amides is 1. The lowest BCUT2D eigenvalue weighted by atomic mass is 10.2. The summed E-state index contributed by atoms with van der Waals surface area (Å²) in [5, 5.41) is 0. The van der Waals surface area contributed by atoms with Crippen LogP contribution in [0.4, 0.5) is 4.79 Å². The van der Waals surface area contributed by atoms with Crippen molar-refractivity contribution in [2.45, 2.75) is 6.61 Å². The molecule has 0 aromatic heterocycles. The molecule has 0 atom stereocenters. The molecule has 17 heavy (non-hydrogen) atoms. The van der Waals surface area contributed by atoms with Gasteiger partial charge in [0.15, 0.2) is 0 Å². The number of rotatable bonds is 5. The molecule has 88 valence electrons. The van der Waals surface area contributed by atoms with Crippen LogP contribution < -0.4 is 0 Å². The predicted molar refractivity (Wildman–Crippen MR) is 67.2 cm³/mol. The van der Waals surface area contributed by atoms with E-state index in [0.717, 1.165) is 5.56 Å². The van der Waals surface area contributed by atoms with Crippen LogP contribution in [-0.4, -0.2) is 24.1 Å². The Morgan fingerprint density at radius 2 is 2.18 bits per heavy atom. The molecule has 3 nitrogen and oxygen atoms in total. The number of carbonyl (C=O) groups excluding carboxylic acids is 1. The summed E-state index contributed by atoms with van der Waals surface area (Å²) in [4.78, 5) is 13.1. The zero-order valence-electron chi connectivity index (χ0n) is 9.63. The number of benzene rings is 1. The molecule has 1 rings (SSSR count). The van der Waals surface area contributed by atoms with E-state index in [1.807, 2.05) is 30.3 Å². The van der Waals surface area contributed by atoms with Gasteiger partial charge in [-0.25, -0.2) is 4.79 Å². The second-order valence-electron chi connectivity index (χ2n) is 3.41. The van der Waals surface area contributed by atoms with Crippen LogP contribution in [0.2, 0.25) is 0 Å². The van der Waals surface area contributed by atoms with Gasteiger partial charge in [0, 0.05) is 6.54 Å². The molecule has 0 aliphatic carbocycles. The molecule has 0 heterocycles. The minimum absolute atomic E-state index is 0.222. The Balaban J connectivity index is 2.47. The topological polar surface area (TPSA) is 29.5 Å². The quantitative estimate of drug-likeness (QED) is 0.573. The fourth-order valence-electron chi connectivity index (χ4n) is 1.28. The number of terminal acetylenes is 1. The predicted octanol–water partition coefficient (Wildman–Crippen LogP) is 2.44. The fourth-order valence-corrected chi connectivity index (χ4v) is 1.28. The molecular weight excluding hydrogens is 214 g/mol. The van der Waals surface area contributed by atoms with E-state index in [9.17, 15) is 4.79 Å². The Labute approximate surface area is 102 Å². The molecule has 0 radical (unpaired) electrons. The van der Waals surface area contributed by atoms with Gasteiger partial charge in [-0.15, -0.1) is 13.0 Å². The maximum atomic E-state index is 11.7. The summed E-state index contributed by atoms with van der Waals surface area (Å²) >= 11 is 0. The van der Waals surface area contributed by atoms with Crippen LogP contribution in [0.15, 0.2) is 43.0 Å². The van der Waals surface area contributed by atoms with Crippen molar-refractivity contribution >= 4 is 6.09 Å². The first-order chi connectivity index (χ1) is 8.27. The first-order valence-corrected chi connectivity index (χ1v) is 5.28. The number of carbonyl (C=O) groups is 1. The molecule has 0 fully saturated rings. The lowest BCUT2D eigenvalue weighted by molar-refractivity contribution is 0.104. The van der Waals surface area contributed by atoms with Crippen molar-refractivity contribution in [3.05, 3.63) is 48.6 Å². The van der Waals surface area contributed by atoms with E-state index in [4.69, 9.17) is 11.2 Å². The van der Waals surface area contributed by atoms with Crippen molar-refractivity contribution in [1.82, 2.24) is 4.90 Å². The molecule has 1 aromatic rings. The van der Waals surface area contributed by atoms with Crippen molar-refractivity contribution in [2.75, 3.05) is 13.1 Å². The number of hydrogen-bond donors (Lipinski definition) is 0. The third-order valence-electron chi connectivity index (χ3n) is 2.09. The fraction of sp³-hybridized carbons (Fsp3) is 0.214. The van der Waals surface area contributed by atoms with Gasteiger partial charge in [0.05, 0.1) is 6.54 Å². The van der Waals surface area contributed by atoms with Crippen LogP contribution in [0.1, 0.15) is 5.56 Å². The lowest BCUT2D eigenvalue weighted by Crippen LogP contribution is -2.32. The smallest absolute Gasteiger partial charge is 0.411 e. The minimum atomic E-state index is -0.424. The van der Waals surface area contributed by atoms with Crippen LogP contribution in [0.3, 0.4) is 0 Å². The Bertz CT molecular complexity index is 406. The highest BCUT2D eigenvalue weighted by atomic mass is 16.6. The Morgan fingerprint density at radius 1 is 1.47 bits per heavy atom. The normalized spacial score (nSPS) is 9.12. The summed E-state index contributed by atoms with van der Waals surface area (Å²) < 4.78 is 5.14. The first kappa shape index (κ1) is 12.9. The molecule has 0 aliphatic rings. The van der Waals surface area contributed by atoms with Gasteiger partial charge in [0.2, 0.25) is 0 Å². The van der Waals surface area contributed by atoms with Gasteiger partial charge >= 0.3 is 6.09 Å². The zero-order chi connectivity index (χ0) is 12.5. The molecule has 0 aliphatic heterocycles. The molecule has 0 saturated heterocycles. The summed E-state index contributed by atoms with van der Waals surface area (Å²) in [6.45, 7) is 4.42. The molecule has 0 bridgehead atoms. The summed E-state index contributed by atoms with van der Waals surface area (Å²) in [5.41, 5.74) is 0.945. The second-order valence-corrected chi connectivity index (χ2v) is 3.41. The average molecular weight is 229 g/mol. The molecule has 1 amide bonds. The van der Waals surface area contributed by atoms with Gasteiger partial charge in [0.1, 0.15) is 6.61 Å². The summed E-state index contributed by atoms with van der Waals surface area (Å²) in [5.74, 6) is 2.41. The molecule has 0 spiro atoms. The van der Waals surface area contributed by atoms with E-state index in [-0.39, 0.29) is 13.2 Å². The lowest BCUT2D eigenvalue weighted by Gasteiger charge is -2.17. The van der Waals surface area contributed by atoms with Gasteiger partial charge in [-0.2, -0.15) is 0 Å². The van der Waals surface area contributed by atoms with Crippen molar-refractivity contribution in [1.29, 1.82) is 0 Å². The highest BCUT2D eigenvalue weighted by molar-refractivity contribution is 5.68. The van der Waals surface area contributed by atoms with Crippen LogP contribution in [0.25, 0.3) is 0 Å². The summed E-state index contributed by atoms with van der Waals surface area (Å²) in [6, 6.07) is 9.49. The second kappa shape index (κ2) is 7.13. The zero-order valence-corrected chi connectivity index (χ0v) is 9.63. The van der Waals surface area contributed by atoms with E-state index >= 15 is 0 Å². The standard InChI is InChI=1S/C14H15NO2/c1-3-10-15(11-4-2)14(16)17-12-13-8-6-5-7-9-13/h1,4-9H,2,10-12H2. The third-order valence-corrected chi connectivity index (χ3v) is 2.09. The number of ether oxygens (including phenoxy) is 1. The molecule has 0 N–H and O–H groups in total. The van der Waals surface area contributed by atoms with Crippen LogP contribution in [0, 0.1) is 12.3 Å². The molecule has 0 saturated carbocycles. The molecule has 1 aromatic carbocycles. The maximum absolute atomic E-state index is 11.7. The number of nitrogens with zero attached hydrogens (tertiary/aromatic N) is 1. The highest BCUT2D eigenvalue weighted by Crippen LogP contribution is 2.03. The van der Waals surface area contributed by atoms with Crippen LogP contribution in [0.5, 0.6) is 0 Å². The monoisotopic (exact) mass is 229 g/mol. The van der Waals surface area contributed by atoms with Crippen LogP contribution in [-0.2, 0) is 11.3 Å². The van der Waals surface area contributed by atoms with E-state index in [2.05, 4.69) is 12.5 Å². The van der Waals surface area contributed by atoms with Crippen LogP contribution >= 0.6 is 0 Å². The van der Waals surface area contributed by atoms with Gasteiger partial charge in [-0.05, 0) is 5.56 Å². The van der Waals surface area contributed by atoms with E-state index in [1.165, 1.54) is 4.90 Å². The molecule has 0 unspecified atom stereocenters.